The fourth-order valence-corrected chi connectivity index (χ4v) is 1.94. The lowest BCUT2D eigenvalue weighted by Crippen LogP contribution is -2.32. The van der Waals surface area contributed by atoms with Gasteiger partial charge in [-0.05, 0) is 26.3 Å². The van der Waals surface area contributed by atoms with Crippen LogP contribution in [0.2, 0.25) is 0 Å². The van der Waals surface area contributed by atoms with Crippen molar-refractivity contribution in [2.24, 2.45) is 0 Å². The lowest BCUT2D eigenvalue weighted by molar-refractivity contribution is 0.0688. The molecule has 0 bridgehead atoms. The summed E-state index contributed by atoms with van der Waals surface area (Å²) >= 11 is 0. The highest BCUT2D eigenvalue weighted by Crippen LogP contribution is 2.17. The number of nitrogens with one attached hydrogen (secondary N) is 1. The second kappa shape index (κ2) is 4.02. The number of aryl methyl sites for hydroxylation is 1. The van der Waals surface area contributed by atoms with Gasteiger partial charge in [-0.2, -0.15) is 5.10 Å². The molecule has 0 saturated carbocycles. The number of hydrogen-bond acceptors (Lipinski definition) is 3. The maximum atomic E-state index is 10.8. The van der Waals surface area contributed by atoms with Gasteiger partial charge in [0, 0.05) is 18.3 Å². The SMILES string of the molecule is Cc1cn(C2CCCNC2)nc1C(=O)O. The summed E-state index contributed by atoms with van der Waals surface area (Å²) in [6, 6.07) is 0.297. The maximum absolute atomic E-state index is 10.8. The molecule has 2 N–H and O–H groups in total. The first-order valence-corrected chi connectivity index (χ1v) is 5.18. The fraction of sp³-hybridized carbons (Fsp3) is 0.600. The monoisotopic (exact) mass is 209 g/mol. The lowest BCUT2D eigenvalue weighted by atomic mass is 10.1. The van der Waals surface area contributed by atoms with E-state index >= 15 is 0 Å². The van der Waals surface area contributed by atoms with Gasteiger partial charge in [0.2, 0.25) is 0 Å². The van der Waals surface area contributed by atoms with Crippen molar-refractivity contribution >= 4 is 5.97 Å². The maximum Gasteiger partial charge on any atom is 0.356 e. The molecule has 15 heavy (non-hydrogen) atoms. The quantitative estimate of drug-likeness (QED) is 0.756. The van der Waals surface area contributed by atoms with Gasteiger partial charge in [-0.15, -0.1) is 0 Å². The van der Waals surface area contributed by atoms with Gasteiger partial charge in [-0.3, -0.25) is 4.68 Å². The van der Waals surface area contributed by atoms with Gasteiger partial charge in [0.15, 0.2) is 5.69 Å². The van der Waals surface area contributed by atoms with E-state index in [4.69, 9.17) is 5.11 Å². The zero-order valence-electron chi connectivity index (χ0n) is 8.73. The van der Waals surface area contributed by atoms with Crippen molar-refractivity contribution < 1.29 is 9.90 Å². The predicted molar refractivity (Wildman–Crippen MR) is 55.1 cm³/mol. The zero-order chi connectivity index (χ0) is 10.8. The van der Waals surface area contributed by atoms with Crippen LogP contribution < -0.4 is 5.32 Å². The Bertz CT molecular complexity index is 367. The fourth-order valence-electron chi connectivity index (χ4n) is 1.94. The van der Waals surface area contributed by atoms with Gasteiger partial charge in [0.1, 0.15) is 0 Å². The van der Waals surface area contributed by atoms with E-state index in [0.29, 0.717) is 6.04 Å². The van der Waals surface area contributed by atoms with Crippen LogP contribution in [0.5, 0.6) is 0 Å². The Balaban J connectivity index is 2.21. The highest BCUT2D eigenvalue weighted by atomic mass is 16.4. The standard InChI is InChI=1S/C10H15N3O2/c1-7-6-13(12-9(7)10(14)15)8-3-2-4-11-5-8/h6,8,11H,2-5H2,1H3,(H,14,15). The molecule has 1 unspecified atom stereocenters. The average molecular weight is 209 g/mol. The highest BCUT2D eigenvalue weighted by Gasteiger charge is 2.19. The van der Waals surface area contributed by atoms with Gasteiger partial charge in [0.05, 0.1) is 6.04 Å². The summed E-state index contributed by atoms with van der Waals surface area (Å²) in [5, 5.41) is 16.3. The summed E-state index contributed by atoms with van der Waals surface area (Å²) in [6.45, 7) is 3.70. The largest absolute Gasteiger partial charge is 0.476 e. The van der Waals surface area contributed by atoms with Crippen LogP contribution in [-0.4, -0.2) is 33.9 Å². The number of carbonyl (C=O) groups is 1. The second-order valence-electron chi connectivity index (χ2n) is 3.95. The zero-order valence-corrected chi connectivity index (χ0v) is 8.73. The van der Waals surface area contributed by atoms with E-state index in [2.05, 4.69) is 10.4 Å². The van der Waals surface area contributed by atoms with Crippen molar-refractivity contribution in [3.8, 4) is 0 Å². The summed E-state index contributed by atoms with van der Waals surface area (Å²) in [6.07, 6.45) is 4.00. The molecule has 1 atom stereocenters. The number of piperidine rings is 1. The Morgan fingerprint density at radius 1 is 1.73 bits per heavy atom. The van der Waals surface area contributed by atoms with Gasteiger partial charge >= 0.3 is 5.97 Å². The van der Waals surface area contributed by atoms with Gasteiger partial charge in [-0.25, -0.2) is 4.79 Å². The summed E-state index contributed by atoms with van der Waals surface area (Å²) in [5.74, 6) is -0.949. The molecule has 1 fully saturated rings. The van der Waals surface area contributed by atoms with Crippen LogP contribution in [0.4, 0.5) is 0 Å². The number of aromatic carboxylic acids is 1. The highest BCUT2D eigenvalue weighted by molar-refractivity contribution is 5.86. The van der Waals surface area contributed by atoms with E-state index in [0.717, 1.165) is 31.5 Å². The van der Waals surface area contributed by atoms with Crippen molar-refractivity contribution in [3.05, 3.63) is 17.5 Å². The molecule has 1 aromatic rings. The Morgan fingerprint density at radius 2 is 2.53 bits per heavy atom. The van der Waals surface area contributed by atoms with Crippen molar-refractivity contribution in [1.29, 1.82) is 0 Å². The molecule has 0 spiro atoms. The topological polar surface area (TPSA) is 67.2 Å². The minimum atomic E-state index is -0.949. The third-order valence-corrected chi connectivity index (χ3v) is 2.76. The summed E-state index contributed by atoms with van der Waals surface area (Å²) in [7, 11) is 0. The number of aromatic nitrogens is 2. The summed E-state index contributed by atoms with van der Waals surface area (Å²) < 4.78 is 1.78. The molecule has 2 heterocycles. The summed E-state index contributed by atoms with van der Waals surface area (Å²) in [4.78, 5) is 10.8. The van der Waals surface area contributed by atoms with E-state index in [1.807, 2.05) is 6.20 Å². The minimum absolute atomic E-state index is 0.167. The molecule has 1 saturated heterocycles. The van der Waals surface area contributed by atoms with Crippen LogP contribution in [0.3, 0.4) is 0 Å². The molecule has 2 rings (SSSR count). The Morgan fingerprint density at radius 3 is 3.07 bits per heavy atom. The molecule has 0 radical (unpaired) electrons. The first kappa shape index (κ1) is 10.2. The van der Waals surface area contributed by atoms with Crippen LogP contribution >= 0.6 is 0 Å². The van der Waals surface area contributed by atoms with E-state index < -0.39 is 5.97 Å². The van der Waals surface area contributed by atoms with Gasteiger partial charge in [-0.1, -0.05) is 0 Å². The second-order valence-corrected chi connectivity index (χ2v) is 3.95. The van der Waals surface area contributed by atoms with Gasteiger partial charge in [0.25, 0.3) is 0 Å². The van der Waals surface area contributed by atoms with E-state index in [-0.39, 0.29) is 5.69 Å². The molecule has 1 aliphatic heterocycles. The van der Waals surface area contributed by atoms with E-state index in [9.17, 15) is 4.79 Å². The Kier molecular flexibility index (Phi) is 2.73. The molecule has 1 aliphatic rings. The third kappa shape index (κ3) is 2.02. The van der Waals surface area contributed by atoms with Crippen LogP contribution in [0, 0.1) is 6.92 Å². The molecule has 0 aliphatic carbocycles. The van der Waals surface area contributed by atoms with Crippen LogP contribution in [-0.2, 0) is 0 Å². The van der Waals surface area contributed by atoms with Crippen molar-refractivity contribution in [2.45, 2.75) is 25.8 Å². The minimum Gasteiger partial charge on any atom is -0.476 e. The number of carboxylic acid groups (broad SMARTS) is 1. The van der Waals surface area contributed by atoms with E-state index in [1.54, 1.807) is 11.6 Å². The predicted octanol–water partition coefficient (Wildman–Crippen LogP) is 0.814. The molecular weight excluding hydrogens is 194 g/mol. The van der Waals surface area contributed by atoms with E-state index in [1.165, 1.54) is 0 Å². The molecule has 5 heteroatoms. The number of hydrogen-bond donors (Lipinski definition) is 2. The summed E-state index contributed by atoms with van der Waals surface area (Å²) in [5.41, 5.74) is 0.897. The number of rotatable bonds is 2. The van der Waals surface area contributed by atoms with Crippen molar-refractivity contribution in [1.82, 2.24) is 15.1 Å². The number of carboxylic acids is 1. The Labute approximate surface area is 88.1 Å². The number of nitrogens with zero attached hydrogens (tertiary/aromatic N) is 2. The molecule has 0 amide bonds. The van der Waals surface area contributed by atoms with Crippen molar-refractivity contribution in [2.75, 3.05) is 13.1 Å². The van der Waals surface area contributed by atoms with Gasteiger partial charge < -0.3 is 10.4 Å². The molecule has 82 valence electrons. The lowest BCUT2D eigenvalue weighted by Gasteiger charge is -2.22. The molecule has 1 aromatic heterocycles. The van der Waals surface area contributed by atoms with Crippen molar-refractivity contribution in [3.63, 3.8) is 0 Å². The third-order valence-electron chi connectivity index (χ3n) is 2.76. The van der Waals surface area contributed by atoms with Crippen LogP contribution in [0.1, 0.15) is 34.9 Å². The van der Waals surface area contributed by atoms with Crippen LogP contribution in [0.25, 0.3) is 0 Å². The van der Waals surface area contributed by atoms with Crippen LogP contribution in [0.15, 0.2) is 6.20 Å². The molecular formula is C10H15N3O2. The first-order valence-electron chi connectivity index (χ1n) is 5.18. The molecule has 5 nitrogen and oxygen atoms in total. The average Bonchev–Trinajstić information content (AvgIpc) is 2.62. The smallest absolute Gasteiger partial charge is 0.356 e. The normalized spacial score (nSPS) is 21.5. The molecule has 0 aromatic carbocycles. The Hall–Kier alpha value is -1.36. The first-order chi connectivity index (χ1) is 7.18.